The lowest BCUT2D eigenvalue weighted by Crippen LogP contribution is -2.22. The van der Waals surface area contributed by atoms with Crippen molar-refractivity contribution >= 4 is 22.6 Å². The van der Waals surface area contributed by atoms with Crippen molar-refractivity contribution < 1.29 is 17.9 Å². The molecule has 2 aromatic heterocycles. The lowest BCUT2D eigenvalue weighted by molar-refractivity contribution is -0.137. The SMILES string of the molecule is COc1cc(C(F)(F)F)cc2c1nc(Cl)c(=O)n2-c1cccnc1C. The molecule has 0 N–H and O–H groups in total. The predicted molar refractivity (Wildman–Crippen MR) is 86.4 cm³/mol. The van der Waals surface area contributed by atoms with E-state index in [1.807, 2.05) is 0 Å². The molecule has 0 aliphatic heterocycles. The van der Waals surface area contributed by atoms with Crippen LogP contribution in [0.3, 0.4) is 0 Å². The number of aromatic nitrogens is 3. The molecule has 5 nitrogen and oxygen atoms in total. The van der Waals surface area contributed by atoms with Crippen LogP contribution in [0.1, 0.15) is 11.3 Å². The van der Waals surface area contributed by atoms with E-state index in [1.165, 1.54) is 13.3 Å². The first-order valence-electron chi connectivity index (χ1n) is 7.03. The van der Waals surface area contributed by atoms with Gasteiger partial charge in [0.25, 0.3) is 5.56 Å². The summed E-state index contributed by atoms with van der Waals surface area (Å²) in [4.78, 5) is 20.5. The number of ether oxygens (including phenoxy) is 1. The zero-order valence-corrected chi connectivity index (χ0v) is 13.8. The highest BCUT2D eigenvalue weighted by atomic mass is 35.5. The summed E-state index contributed by atoms with van der Waals surface area (Å²) >= 11 is 5.91. The Hall–Kier alpha value is -2.61. The molecule has 0 spiro atoms. The first-order chi connectivity index (χ1) is 11.7. The average molecular weight is 370 g/mol. The number of benzene rings is 1. The van der Waals surface area contributed by atoms with Crippen molar-refractivity contribution in [2.75, 3.05) is 7.11 Å². The molecule has 3 rings (SSSR count). The molecule has 9 heteroatoms. The van der Waals surface area contributed by atoms with Crippen molar-refractivity contribution in [3.63, 3.8) is 0 Å². The summed E-state index contributed by atoms with van der Waals surface area (Å²) in [5, 5.41) is -0.381. The van der Waals surface area contributed by atoms with Crippen LogP contribution in [-0.4, -0.2) is 21.6 Å². The van der Waals surface area contributed by atoms with Crippen LogP contribution in [0.2, 0.25) is 5.15 Å². The summed E-state index contributed by atoms with van der Waals surface area (Å²) in [5.41, 5.74) is -0.976. The number of halogens is 4. The summed E-state index contributed by atoms with van der Waals surface area (Å²) in [5.74, 6) is -0.137. The van der Waals surface area contributed by atoms with E-state index < -0.39 is 17.3 Å². The van der Waals surface area contributed by atoms with Gasteiger partial charge in [0.1, 0.15) is 11.3 Å². The summed E-state index contributed by atoms with van der Waals surface area (Å²) in [6.07, 6.45) is -3.11. The summed E-state index contributed by atoms with van der Waals surface area (Å²) in [6.45, 7) is 1.63. The second-order valence-electron chi connectivity index (χ2n) is 5.20. The van der Waals surface area contributed by atoms with Crippen LogP contribution < -0.4 is 10.3 Å². The number of hydrogen-bond donors (Lipinski definition) is 0. The third-order valence-electron chi connectivity index (χ3n) is 3.65. The van der Waals surface area contributed by atoms with Crippen LogP contribution in [-0.2, 0) is 6.18 Å². The van der Waals surface area contributed by atoms with E-state index in [-0.39, 0.29) is 21.9 Å². The van der Waals surface area contributed by atoms with Crippen molar-refractivity contribution in [3.8, 4) is 11.4 Å². The molecule has 0 unspecified atom stereocenters. The van der Waals surface area contributed by atoms with E-state index in [0.717, 1.165) is 16.7 Å². The van der Waals surface area contributed by atoms with Crippen LogP contribution in [0.15, 0.2) is 35.3 Å². The summed E-state index contributed by atoms with van der Waals surface area (Å²) < 4.78 is 45.8. The molecule has 0 atom stereocenters. The Labute approximate surface area is 144 Å². The number of rotatable bonds is 2. The standard InChI is InChI=1S/C16H11ClF3N3O2/c1-8-10(4-3-5-21-8)23-11-6-9(16(18,19)20)7-12(25-2)13(11)22-14(17)15(23)24/h3-7H,1-2H3. The Morgan fingerprint density at radius 3 is 2.60 bits per heavy atom. The lowest BCUT2D eigenvalue weighted by Gasteiger charge is -2.16. The molecule has 0 saturated heterocycles. The highest BCUT2D eigenvalue weighted by Crippen LogP contribution is 2.36. The van der Waals surface area contributed by atoms with Gasteiger partial charge >= 0.3 is 6.18 Å². The maximum Gasteiger partial charge on any atom is 0.416 e. The van der Waals surface area contributed by atoms with Gasteiger partial charge in [-0.25, -0.2) is 4.98 Å². The minimum Gasteiger partial charge on any atom is -0.494 e. The van der Waals surface area contributed by atoms with Crippen molar-refractivity contribution in [2.45, 2.75) is 13.1 Å². The van der Waals surface area contributed by atoms with Crippen molar-refractivity contribution in [3.05, 3.63) is 57.2 Å². The minimum absolute atomic E-state index is 0.0448. The van der Waals surface area contributed by atoms with Gasteiger partial charge in [-0.2, -0.15) is 13.2 Å². The Kier molecular flexibility index (Phi) is 4.16. The normalized spacial score (nSPS) is 11.8. The molecule has 130 valence electrons. The second kappa shape index (κ2) is 6.03. The highest BCUT2D eigenvalue weighted by Gasteiger charge is 2.32. The number of hydrogen-bond acceptors (Lipinski definition) is 4. The number of alkyl halides is 3. The van der Waals surface area contributed by atoms with Gasteiger partial charge in [-0.05, 0) is 31.2 Å². The molecule has 0 fully saturated rings. The third-order valence-corrected chi connectivity index (χ3v) is 3.90. The molecule has 0 radical (unpaired) electrons. The van der Waals surface area contributed by atoms with Gasteiger partial charge in [-0.3, -0.25) is 14.3 Å². The van der Waals surface area contributed by atoms with E-state index >= 15 is 0 Å². The maximum atomic E-state index is 13.2. The van der Waals surface area contributed by atoms with Gasteiger partial charge in [-0.15, -0.1) is 0 Å². The molecular formula is C16H11ClF3N3O2. The largest absolute Gasteiger partial charge is 0.494 e. The van der Waals surface area contributed by atoms with Crippen LogP contribution in [0.4, 0.5) is 13.2 Å². The van der Waals surface area contributed by atoms with Gasteiger partial charge in [0.15, 0.2) is 5.15 Å². The third kappa shape index (κ3) is 2.93. The summed E-state index contributed by atoms with van der Waals surface area (Å²) in [6, 6.07) is 4.79. The van der Waals surface area contributed by atoms with Gasteiger partial charge < -0.3 is 4.74 Å². The number of aryl methyl sites for hydroxylation is 1. The zero-order chi connectivity index (χ0) is 18.4. The average Bonchev–Trinajstić information content (AvgIpc) is 2.55. The van der Waals surface area contributed by atoms with Gasteiger partial charge in [-0.1, -0.05) is 11.6 Å². The molecule has 0 aliphatic carbocycles. The van der Waals surface area contributed by atoms with Crippen LogP contribution >= 0.6 is 11.6 Å². The molecular weight excluding hydrogens is 359 g/mol. The van der Waals surface area contributed by atoms with E-state index in [0.29, 0.717) is 11.4 Å². The smallest absolute Gasteiger partial charge is 0.416 e. The fourth-order valence-electron chi connectivity index (χ4n) is 2.49. The Morgan fingerprint density at radius 1 is 1.28 bits per heavy atom. The fourth-order valence-corrected chi connectivity index (χ4v) is 2.66. The van der Waals surface area contributed by atoms with E-state index in [4.69, 9.17) is 16.3 Å². The maximum absolute atomic E-state index is 13.2. The Bertz CT molecular complexity index is 1030. The quantitative estimate of drug-likeness (QED) is 0.690. The molecule has 25 heavy (non-hydrogen) atoms. The van der Waals surface area contributed by atoms with Gasteiger partial charge in [0, 0.05) is 6.20 Å². The topological polar surface area (TPSA) is 57.0 Å². The highest BCUT2D eigenvalue weighted by molar-refractivity contribution is 6.29. The Balaban J connectivity index is 2.53. The van der Waals surface area contributed by atoms with E-state index in [9.17, 15) is 18.0 Å². The van der Waals surface area contributed by atoms with Crippen LogP contribution in [0.25, 0.3) is 16.7 Å². The van der Waals surface area contributed by atoms with Crippen LogP contribution in [0.5, 0.6) is 5.75 Å². The molecule has 3 aromatic rings. The molecule has 0 aliphatic rings. The van der Waals surface area contributed by atoms with Crippen molar-refractivity contribution in [1.82, 2.24) is 14.5 Å². The predicted octanol–water partition coefficient (Wildman–Crippen LogP) is 3.77. The van der Waals surface area contributed by atoms with E-state index in [2.05, 4.69) is 9.97 Å². The van der Waals surface area contributed by atoms with Crippen molar-refractivity contribution in [1.29, 1.82) is 0 Å². The summed E-state index contributed by atoms with van der Waals surface area (Å²) in [7, 11) is 1.22. The number of methoxy groups -OCH3 is 1. The zero-order valence-electron chi connectivity index (χ0n) is 13.1. The lowest BCUT2D eigenvalue weighted by atomic mass is 10.1. The molecule has 1 aromatic carbocycles. The first-order valence-corrected chi connectivity index (χ1v) is 7.41. The number of nitrogens with zero attached hydrogens (tertiary/aromatic N) is 3. The molecule has 0 bridgehead atoms. The first kappa shape index (κ1) is 17.2. The van der Waals surface area contributed by atoms with Crippen molar-refractivity contribution in [2.24, 2.45) is 0 Å². The molecule has 2 heterocycles. The van der Waals surface area contributed by atoms with Gasteiger partial charge in [0.05, 0.1) is 29.6 Å². The van der Waals surface area contributed by atoms with Gasteiger partial charge in [0.2, 0.25) is 0 Å². The Morgan fingerprint density at radius 2 is 2.00 bits per heavy atom. The van der Waals surface area contributed by atoms with E-state index in [1.54, 1.807) is 19.1 Å². The monoisotopic (exact) mass is 369 g/mol. The molecule has 0 saturated carbocycles. The number of fused-ring (bicyclic) bond motifs is 1. The fraction of sp³-hybridized carbons (Fsp3) is 0.188. The van der Waals surface area contributed by atoms with Crippen LogP contribution in [0, 0.1) is 6.92 Å². The number of pyridine rings is 1. The second-order valence-corrected chi connectivity index (χ2v) is 5.55. The molecule has 0 amide bonds. The minimum atomic E-state index is -4.62.